The number of aromatic nitrogens is 4. The molecule has 0 atom stereocenters. The molecule has 1 aliphatic carbocycles. The Balaban J connectivity index is 1.31. The smallest absolute Gasteiger partial charge is 0.181 e. The van der Waals surface area contributed by atoms with Crippen LogP contribution < -0.4 is 10.2 Å². The molecule has 206 valence electrons. The summed E-state index contributed by atoms with van der Waals surface area (Å²) in [5.41, 5.74) is 9.19. The predicted octanol–water partition coefficient (Wildman–Crippen LogP) is 6.62. The van der Waals surface area contributed by atoms with E-state index in [9.17, 15) is 0 Å². The van der Waals surface area contributed by atoms with Gasteiger partial charge in [-0.2, -0.15) is 5.10 Å². The Morgan fingerprint density at radius 2 is 1.90 bits per heavy atom. The Kier molecular flexibility index (Phi) is 7.30. The van der Waals surface area contributed by atoms with Gasteiger partial charge in [-0.25, -0.2) is 4.98 Å². The lowest BCUT2D eigenvalue weighted by molar-refractivity contribution is 0.313. The Morgan fingerprint density at radius 1 is 1.10 bits per heavy atom. The van der Waals surface area contributed by atoms with E-state index in [4.69, 9.17) is 4.98 Å². The third kappa shape index (κ3) is 5.09. The van der Waals surface area contributed by atoms with Gasteiger partial charge in [0.2, 0.25) is 0 Å². The first-order valence-corrected chi connectivity index (χ1v) is 14.4. The van der Waals surface area contributed by atoms with Gasteiger partial charge >= 0.3 is 0 Å². The number of fused-ring (bicyclic) bond motifs is 2. The number of H-pyrrole nitrogens is 2. The largest absolute Gasteiger partial charge is 0.368 e. The van der Waals surface area contributed by atoms with Crippen molar-refractivity contribution in [2.75, 3.05) is 38.1 Å². The molecule has 7 nitrogen and oxygen atoms in total. The minimum absolute atomic E-state index is 0.539. The van der Waals surface area contributed by atoms with Gasteiger partial charge in [-0.15, -0.1) is 0 Å². The first kappa shape index (κ1) is 26.1. The van der Waals surface area contributed by atoms with E-state index in [2.05, 4.69) is 99.9 Å². The highest BCUT2D eigenvalue weighted by Gasteiger charge is 2.20. The molecule has 40 heavy (non-hydrogen) atoms. The number of anilines is 1. The molecule has 1 aromatic carbocycles. The number of aromatic amines is 2. The van der Waals surface area contributed by atoms with Crippen molar-refractivity contribution in [2.45, 2.75) is 32.6 Å². The van der Waals surface area contributed by atoms with E-state index in [0.29, 0.717) is 11.6 Å². The lowest BCUT2D eigenvalue weighted by Crippen LogP contribution is -2.44. The molecule has 4 heterocycles. The van der Waals surface area contributed by atoms with Crippen molar-refractivity contribution in [1.29, 1.82) is 0 Å². The van der Waals surface area contributed by atoms with Crippen LogP contribution in [0.25, 0.3) is 38.9 Å². The third-order valence-corrected chi connectivity index (χ3v) is 8.49. The highest BCUT2D eigenvalue weighted by atomic mass is 15.2. The van der Waals surface area contributed by atoms with Crippen LogP contribution in [0.5, 0.6) is 0 Å². The van der Waals surface area contributed by atoms with Crippen molar-refractivity contribution in [2.24, 2.45) is 5.92 Å². The summed E-state index contributed by atoms with van der Waals surface area (Å²) in [5, 5.41) is 13.5. The molecular weight excluding hydrogens is 494 g/mol. The van der Waals surface area contributed by atoms with E-state index < -0.39 is 0 Å². The van der Waals surface area contributed by atoms with Gasteiger partial charge < -0.3 is 20.1 Å². The number of benzene rings is 1. The van der Waals surface area contributed by atoms with E-state index in [1.807, 2.05) is 12.3 Å². The summed E-state index contributed by atoms with van der Waals surface area (Å²) in [7, 11) is 2.19. The molecule has 0 spiro atoms. The fourth-order valence-electron chi connectivity index (χ4n) is 6.07. The molecule has 0 unspecified atom stereocenters. The molecule has 3 aromatic heterocycles. The number of likely N-dealkylation sites (N-methyl/N-ethyl adjacent to an activating group) is 1. The van der Waals surface area contributed by atoms with Crippen LogP contribution in [-0.2, 0) is 0 Å². The van der Waals surface area contributed by atoms with E-state index in [-0.39, 0.29) is 0 Å². The molecular formula is C33H39N7. The van der Waals surface area contributed by atoms with Gasteiger partial charge in [0.1, 0.15) is 0 Å². The van der Waals surface area contributed by atoms with Crippen molar-refractivity contribution in [3.8, 4) is 11.4 Å². The molecule has 2 fully saturated rings. The van der Waals surface area contributed by atoms with E-state index in [1.54, 1.807) is 0 Å². The molecule has 6 rings (SSSR count). The van der Waals surface area contributed by atoms with Gasteiger partial charge in [0.15, 0.2) is 5.65 Å². The van der Waals surface area contributed by atoms with Crippen LogP contribution >= 0.6 is 0 Å². The zero-order chi connectivity index (χ0) is 27.6. The second-order valence-electron chi connectivity index (χ2n) is 11.1. The third-order valence-electron chi connectivity index (χ3n) is 8.49. The first-order chi connectivity index (χ1) is 19.5. The van der Waals surface area contributed by atoms with Gasteiger partial charge in [0.05, 0.1) is 11.4 Å². The average Bonchev–Trinajstić information content (AvgIpc) is 3.74. The molecule has 0 radical (unpaired) electrons. The first-order valence-electron chi connectivity index (χ1n) is 14.4. The van der Waals surface area contributed by atoms with Gasteiger partial charge in [0.25, 0.3) is 0 Å². The molecule has 1 aliphatic heterocycles. The second kappa shape index (κ2) is 11.2. The van der Waals surface area contributed by atoms with Gasteiger partial charge in [-0.3, -0.25) is 5.10 Å². The van der Waals surface area contributed by atoms with E-state index >= 15 is 0 Å². The number of hydrogen-bond donors (Lipinski definition) is 3. The van der Waals surface area contributed by atoms with E-state index in [0.717, 1.165) is 71.0 Å². The Morgan fingerprint density at radius 3 is 2.65 bits per heavy atom. The highest BCUT2D eigenvalue weighted by Crippen LogP contribution is 2.34. The highest BCUT2D eigenvalue weighted by molar-refractivity contribution is 6.00. The van der Waals surface area contributed by atoms with Crippen molar-refractivity contribution >= 4 is 33.2 Å². The molecule has 4 aromatic rings. The average molecular weight is 534 g/mol. The maximum Gasteiger partial charge on any atom is 0.181 e. The minimum atomic E-state index is 0.539. The van der Waals surface area contributed by atoms with Gasteiger partial charge in [-0.05, 0) is 74.7 Å². The molecule has 1 saturated carbocycles. The summed E-state index contributed by atoms with van der Waals surface area (Å²) >= 11 is 0. The number of nitrogens with one attached hydrogen (secondary N) is 3. The molecule has 1 saturated heterocycles. The van der Waals surface area contributed by atoms with Crippen LogP contribution in [0.3, 0.4) is 0 Å². The SMILES string of the molecule is C=C/C(=C\C(=C/C)c1cnc2n[nH]c(-c3cc4c(N5CCN(C)CC5)cccc4[nH]3)c2c1)NC(=C)C1CCCC1. The summed E-state index contributed by atoms with van der Waals surface area (Å²) in [5.74, 6) is 0.539. The Hall–Kier alpha value is -4.10. The fourth-order valence-corrected chi connectivity index (χ4v) is 6.07. The second-order valence-corrected chi connectivity index (χ2v) is 11.1. The number of pyridine rings is 1. The van der Waals surface area contributed by atoms with Gasteiger partial charge in [0, 0.05) is 71.3 Å². The number of hydrogen-bond acceptors (Lipinski definition) is 5. The van der Waals surface area contributed by atoms with Crippen LogP contribution in [0.1, 0.15) is 38.2 Å². The molecule has 2 aliphatic rings. The zero-order valence-electron chi connectivity index (χ0n) is 23.6. The lowest BCUT2D eigenvalue weighted by atomic mass is 10.0. The van der Waals surface area contributed by atoms with Crippen LogP contribution in [0.2, 0.25) is 0 Å². The van der Waals surface area contributed by atoms with Crippen LogP contribution in [0, 0.1) is 5.92 Å². The van der Waals surface area contributed by atoms with Crippen molar-refractivity contribution in [1.82, 2.24) is 30.4 Å². The molecule has 7 heteroatoms. The Bertz CT molecular complexity index is 1600. The van der Waals surface area contributed by atoms with Crippen LogP contribution in [0.4, 0.5) is 5.69 Å². The predicted molar refractivity (Wildman–Crippen MR) is 167 cm³/mol. The number of nitrogens with zero attached hydrogens (tertiary/aromatic N) is 4. The quantitative estimate of drug-likeness (QED) is 0.222. The van der Waals surface area contributed by atoms with Gasteiger partial charge in [-0.1, -0.05) is 38.1 Å². The molecule has 3 N–H and O–H groups in total. The lowest BCUT2D eigenvalue weighted by Gasteiger charge is -2.34. The summed E-state index contributed by atoms with van der Waals surface area (Å²) in [4.78, 5) is 13.2. The molecule has 0 bridgehead atoms. The topological polar surface area (TPSA) is 75.9 Å². The zero-order valence-corrected chi connectivity index (χ0v) is 23.6. The number of piperazine rings is 1. The fraction of sp³-hybridized carbons (Fsp3) is 0.333. The standard InChI is InChI=1S/C33H39N7/c1-5-23(18-26(6-2)35-22(3)24-10-7-8-11-24)25-19-28-32(37-38-33(28)34-21-25)30-20-27-29(36-30)12-9-13-31(27)40-16-14-39(4)15-17-40/h5-6,9,12-13,18-21,24,35-36H,2-3,7-8,10-11,14-17H2,1,4H3,(H,34,37,38)/b23-5+,26-18+. The Labute approximate surface area is 236 Å². The summed E-state index contributed by atoms with van der Waals surface area (Å²) in [6.07, 6.45) is 13.0. The van der Waals surface area contributed by atoms with Crippen LogP contribution in [-0.4, -0.2) is 58.3 Å². The normalized spacial score (nSPS) is 17.7. The number of rotatable bonds is 8. The van der Waals surface area contributed by atoms with Crippen molar-refractivity contribution in [3.05, 3.63) is 84.9 Å². The molecule has 0 amide bonds. The van der Waals surface area contributed by atoms with Crippen molar-refractivity contribution < 1.29 is 0 Å². The maximum absolute atomic E-state index is 4.70. The summed E-state index contributed by atoms with van der Waals surface area (Å²) < 4.78 is 0. The maximum atomic E-state index is 4.70. The number of allylic oxidation sites excluding steroid dienone is 5. The minimum Gasteiger partial charge on any atom is -0.368 e. The monoisotopic (exact) mass is 533 g/mol. The summed E-state index contributed by atoms with van der Waals surface area (Å²) in [6.45, 7) is 14.6. The van der Waals surface area contributed by atoms with Crippen molar-refractivity contribution in [3.63, 3.8) is 0 Å². The van der Waals surface area contributed by atoms with Crippen LogP contribution in [0.15, 0.2) is 79.3 Å². The summed E-state index contributed by atoms with van der Waals surface area (Å²) in [6, 6.07) is 10.9. The van der Waals surface area contributed by atoms with E-state index in [1.165, 1.54) is 36.8 Å².